The molecule has 0 saturated heterocycles. The van der Waals surface area contributed by atoms with Crippen molar-refractivity contribution in [3.8, 4) is 0 Å². The number of nitrogens with one attached hydrogen (secondary N) is 2. The topological polar surface area (TPSA) is 87.9 Å². The van der Waals surface area contributed by atoms with Gasteiger partial charge in [-0.1, -0.05) is 6.07 Å². The summed E-state index contributed by atoms with van der Waals surface area (Å²) in [6.07, 6.45) is 7.51. The molecule has 2 aromatic heterocycles. The van der Waals surface area contributed by atoms with E-state index in [9.17, 15) is 13.9 Å². The molecule has 0 atom stereocenters. The van der Waals surface area contributed by atoms with E-state index in [-0.39, 0.29) is 17.8 Å². The number of imidazole rings is 1. The molecular formula is C21H24F2N6O. The summed E-state index contributed by atoms with van der Waals surface area (Å²) in [5.74, 6) is -0.518. The number of nitrogens with zero attached hydrogens (tertiary/aromatic N) is 4. The number of aromatic nitrogens is 4. The van der Waals surface area contributed by atoms with Crippen molar-refractivity contribution in [2.45, 2.75) is 63.1 Å². The van der Waals surface area contributed by atoms with Gasteiger partial charge in [-0.3, -0.25) is 4.57 Å². The Morgan fingerprint density at radius 2 is 1.73 bits per heavy atom. The number of hydrogen-bond acceptors (Lipinski definition) is 6. The molecule has 1 aromatic carbocycles. The Balaban J connectivity index is 1.56. The molecule has 2 saturated carbocycles. The first-order valence-corrected chi connectivity index (χ1v) is 10.5. The lowest BCUT2D eigenvalue weighted by Gasteiger charge is -2.28. The monoisotopic (exact) mass is 414 g/mol. The first-order chi connectivity index (χ1) is 14.6. The number of fused-ring (bicyclic) bond motifs is 1. The van der Waals surface area contributed by atoms with Gasteiger partial charge < -0.3 is 15.7 Å². The van der Waals surface area contributed by atoms with Crippen LogP contribution in [-0.2, 0) is 0 Å². The molecule has 158 valence electrons. The first kappa shape index (κ1) is 19.2. The minimum Gasteiger partial charge on any atom is -0.393 e. The normalized spacial score (nSPS) is 22.1. The van der Waals surface area contributed by atoms with Crippen LogP contribution in [0.3, 0.4) is 0 Å². The van der Waals surface area contributed by atoms with Gasteiger partial charge in [-0.05, 0) is 57.1 Å². The van der Waals surface area contributed by atoms with Crippen molar-refractivity contribution in [3.05, 3.63) is 36.0 Å². The van der Waals surface area contributed by atoms with E-state index < -0.39 is 11.6 Å². The van der Waals surface area contributed by atoms with Gasteiger partial charge in [0, 0.05) is 12.1 Å². The van der Waals surface area contributed by atoms with Crippen LogP contribution < -0.4 is 10.6 Å². The van der Waals surface area contributed by atoms with E-state index in [0.29, 0.717) is 41.9 Å². The van der Waals surface area contributed by atoms with Crippen LogP contribution in [0, 0.1) is 11.6 Å². The van der Waals surface area contributed by atoms with Gasteiger partial charge in [0.1, 0.15) is 22.8 Å². The SMILES string of the molecule is O[C@H]1CC[C@@H](n2c(Nc3c(F)cccc3F)nc3cnc(NC4CCC4)nc32)CC1. The van der Waals surface area contributed by atoms with Crippen LogP contribution in [0.1, 0.15) is 51.0 Å². The van der Waals surface area contributed by atoms with E-state index >= 15 is 0 Å². The van der Waals surface area contributed by atoms with Gasteiger partial charge in [-0.25, -0.2) is 18.7 Å². The van der Waals surface area contributed by atoms with Gasteiger partial charge in [0.25, 0.3) is 0 Å². The highest BCUT2D eigenvalue weighted by molar-refractivity contribution is 5.76. The summed E-state index contributed by atoms with van der Waals surface area (Å²) in [6.45, 7) is 0. The molecule has 0 bridgehead atoms. The van der Waals surface area contributed by atoms with Crippen LogP contribution in [0.5, 0.6) is 0 Å². The number of anilines is 3. The highest BCUT2D eigenvalue weighted by Gasteiger charge is 2.27. The summed E-state index contributed by atoms with van der Waals surface area (Å²) in [5.41, 5.74) is 0.928. The fraction of sp³-hybridized carbons (Fsp3) is 0.476. The highest BCUT2D eigenvalue weighted by Crippen LogP contribution is 2.35. The average molecular weight is 414 g/mol. The maximum atomic E-state index is 14.3. The number of aliphatic hydroxyl groups excluding tert-OH is 1. The Hall–Kier alpha value is -2.81. The minimum absolute atomic E-state index is 0.0159. The zero-order valence-electron chi connectivity index (χ0n) is 16.5. The summed E-state index contributed by atoms with van der Waals surface area (Å²) in [7, 11) is 0. The zero-order chi connectivity index (χ0) is 20.7. The Morgan fingerprint density at radius 3 is 2.40 bits per heavy atom. The van der Waals surface area contributed by atoms with Crippen molar-refractivity contribution >= 4 is 28.7 Å². The van der Waals surface area contributed by atoms with Crippen molar-refractivity contribution in [1.82, 2.24) is 19.5 Å². The predicted molar refractivity (Wildman–Crippen MR) is 110 cm³/mol. The molecule has 3 N–H and O–H groups in total. The smallest absolute Gasteiger partial charge is 0.224 e. The van der Waals surface area contributed by atoms with E-state index in [1.807, 2.05) is 4.57 Å². The second-order valence-electron chi connectivity index (χ2n) is 8.16. The van der Waals surface area contributed by atoms with E-state index in [1.54, 1.807) is 6.20 Å². The molecule has 7 nitrogen and oxygen atoms in total. The van der Waals surface area contributed by atoms with E-state index in [1.165, 1.54) is 24.6 Å². The molecule has 5 rings (SSSR count). The zero-order valence-corrected chi connectivity index (χ0v) is 16.5. The molecule has 2 fully saturated rings. The Kier molecular flexibility index (Phi) is 4.98. The maximum absolute atomic E-state index is 14.3. The number of para-hydroxylation sites is 1. The van der Waals surface area contributed by atoms with Gasteiger partial charge in [0.05, 0.1) is 12.3 Å². The molecule has 0 spiro atoms. The molecule has 2 aliphatic rings. The van der Waals surface area contributed by atoms with Crippen LogP contribution in [0.15, 0.2) is 24.4 Å². The highest BCUT2D eigenvalue weighted by atomic mass is 19.1. The van der Waals surface area contributed by atoms with Crippen molar-refractivity contribution in [3.63, 3.8) is 0 Å². The lowest BCUT2D eigenvalue weighted by molar-refractivity contribution is 0.112. The third-order valence-electron chi connectivity index (χ3n) is 6.10. The lowest BCUT2D eigenvalue weighted by atomic mass is 9.93. The summed E-state index contributed by atoms with van der Waals surface area (Å²) >= 11 is 0. The van der Waals surface area contributed by atoms with Gasteiger partial charge in [-0.2, -0.15) is 4.98 Å². The fourth-order valence-electron chi connectivity index (χ4n) is 4.18. The van der Waals surface area contributed by atoms with Crippen molar-refractivity contribution in [1.29, 1.82) is 0 Å². The van der Waals surface area contributed by atoms with Gasteiger partial charge >= 0.3 is 0 Å². The molecule has 0 aliphatic heterocycles. The molecular weight excluding hydrogens is 390 g/mol. The molecule has 2 heterocycles. The van der Waals surface area contributed by atoms with Crippen LogP contribution in [0.2, 0.25) is 0 Å². The summed E-state index contributed by atoms with van der Waals surface area (Å²) in [5, 5.41) is 16.1. The largest absolute Gasteiger partial charge is 0.393 e. The molecule has 0 amide bonds. The molecule has 3 aromatic rings. The average Bonchev–Trinajstić information content (AvgIpc) is 3.06. The third-order valence-corrected chi connectivity index (χ3v) is 6.10. The minimum atomic E-state index is -0.689. The first-order valence-electron chi connectivity index (χ1n) is 10.5. The summed E-state index contributed by atoms with van der Waals surface area (Å²) in [4.78, 5) is 13.6. The molecule has 9 heteroatoms. The summed E-state index contributed by atoms with van der Waals surface area (Å²) in [6, 6.07) is 4.13. The predicted octanol–water partition coefficient (Wildman–Crippen LogP) is 4.29. The Bertz CT molecular complexity index is 1040. The molecule has 0 unspecified atom stereocenters. The Labute approximate surface area is 172 Å². The number of benzene rings is 1. The molecule has 2 aliphatic carbocycles. The van der Waals surface area contributed by atoms with Crippen LogP contribution in [0.25, 0.3) is 11.2 Å². The van der Waals surface area contributed by atoms with Crippen LogP contribution >= 0.6 is 0 Å². The second kappa shape index (κ2) is 7.79. The number of aliphatic hydroxyl groups is 1. The van der Waals surface area contributed by atoms with Gasteiger partial charge in [-0.15, -0.1) is 0 Å². The second-order valence-corrected chi connectivity index (χ2v) is 8.16. The van der Waals surface area contributed by atoms with E-state index in [0.717, 1.165) is 25.7 Å². The standard InChI is InChI=1S/C21H24F2N6O/c22-15-5-2-6-16(23)18(15)27-21-26-17-11-24-20(25-12-3-1-4-12)28-19(17)29(21)13-7-9-14(30)10-8-13/h2,5-6,11-14,30H,1,3-4,7-10H2,(H,26,27)(H,24,25,28)/t13-,14+. The van der Waals surface area contributed by atoms with E-state index in [2.05, 4.69) is 25.6 Å². The molecule has 30 heavy (non-hydrogen) atoms. The van der Waals surface area contributed by atoms with Crippen LogP contribution in [-0.4, -0.2) is 36.8 Å². The third kappa shape index (κ3) is 3.58. The van der Waals surface area contributed by atoms with Gasteiger partial charge in [0.15, 0.2) is 5.65 Å². The fourth-order valence-corrected chi connectivity index (χ4v) is 4.18. The van der Waals surface area contributed by atoms with Crippen molar-refractivity contribution in [2.75, 3.05) is 10.6 Å². The molecule has 0 radical (unpaired) electrons. The van der Waals surface area contributed by atoms with Crippen molar-refractivity contribution in [2.24, 2.45) is 0 Å². The number of halogens is 2. The summed E-state index contributed by atoms with van der Waals surface area (Å²) < 4.78 is 30.4. The quantitative estimate of drug-likeness (QED) is 0.577. The van der Waals surface area contributed by atoms with Gasteiger partial charge in [0.2, 0.25) is 11.9 Å². The Morgan fingerprint density at radius 1 is 1.00 bits per heavy atom. The van der Waals surface area contributed by atoms with Crippen molar-refractivity contribution < 1.29 is 13.9 Å². The number of rotatable bonds is 5. The maximum Gasteiger partial charge on any atom is 0.224 e. The van der Waals surface area contributed by atoms with E-state index in [4.69, 9.17) is 0 Å². The lowest BCUT2D eigenvalue weighted by Crippen LogP contribution is -2.28. The van der Waals surface area contributed by atoms with Crippen LogP contribution in [0.4, 0.5) is 26.4 Å². The number of hydrogen-bond donors (Lipinski definition) is 3.